The zero-order chi connectivity index (χ0) is 10.8. The molecule has 0 spiro atoms. The zero-order valence-electron chi connectivity index (χ0n) is 9.13. The minimum Gasteiger partial charge on any atom is -0.316 e. The van der Waals surface area contributed by atoms with E-state index in [9.17, 15) is 0 Å². The van der Waals surface area contributed by atoms with E-state index in [1.807, 2.05) is 10.5 Å². The van der Waals surface area contributed by atoms with Crippen LogP contribution in [0.2, 0.25) is 0 Å². The van der Waals surface area contributed by atoms with Gasteiger partial charge in [-0.3, -0.25) is 4.40 Å². The molecule has 2 aromatic heterocycles. The van der Waals surface area contributed by atoms with Gasteiger partial charge in [-0.1, -0.05) is 0 Å². The van der Waals surface area contributed by atoms with E-state index < -0.39 is 0 Å². The van der Waals surface area contributed by atoms with Crippen molar-refractivity contribution < 1.29 is 0 Å². The number of nitrogens with one attached hydrogen (secondary N) is 1. The molecule has 0 bridgehead atoms. The van der Waals surface area contributed by atoms with Crippen LogP contribution in [0.15, 0.2) is 18.6 Å². The summed E-state index contributed by atoms with van der Waals surface area (Å²) >= 11 is 0. The molecule has 0 saturated carbocycles. The summed E-state index contributed by atoms with van der Waals surface area (Å²) in [5, 5.41) is 11.8. The minimum absolute atomic E-state index is 0.682. The number of piperidine rings is 1. The first kappa shape index (κ1) is 9.72. The van der Waals surface area contributed by atoms with Crippen molar-refractivity contribution in [1.29, 1.82) is 0 Å². The van der Waals surface area contributed by atoms with Crippen molar-refractivity contribution in [1.82, 2.24) is 24.9 Å². The van der Waals surface area contributed by atoms with Crippen LogP contribution < -0.4 is 5.32 Å². The van der Waals surface area contributed by atoms with Crippen molar-refractivity contribution in [3.8, 4) is 0 Å². The lowest BCUT2D eigenvalue weighted by molar-refractivity contribution is 0.370. The zero-order valence-corrected chi connectivity index (χ0v) is 9.13. The molecule has 1 fully saturated rings. The van der Waals surface area contributed by atoms with Crippen LogP contribution in [-0.2, 0) is 6.42 Å². The standard InChI is InChI=1S/C11H15N5/c1-2-9(7-12-4-1)6-11-15-14-10-3-5-13-8-16(10)11/h3,5,8-9,12H,1-2,4,6-7H2. The summed E-state index contributed by atoms with van der Waals surface area (Å²) in [5.74, 6) is 1.71. The fraction of sp³-hybridized carbons (Fsp3) is 0.545. The molecule has 16 heavy (non-hydrogen) atoms. The van der Waals surface area contributed by atoms with E-state index in [-0.39, 0.29) is 0 Å². The lowest BCUT2D eigenvalue weighted by Gasteiger charge is -2.21. The summed E-state index contributed by atoms with van der Waals surface area (Å²) in [5.41, 5.74) is 0.883. The van der Waals surface area contributed by atoms with Crippen LogP contribution in [0.4, 0.5) is 0 Å². The van der Waals surface area contributed by atoms with Crippen LogP contribution >= 0.6 is 0 Å². The molecule has 1 saturated heterocycles. The highest BCUT2D eigenvalue weighted by Gasteiger charge is 2.16. The molecule has 1 N–H and O–H groups in total. The lowest BCUT2D eigenvalue weighted by Crippen LogP contribution is -2.31. The third-order valence-electron chi connectivity index (χ3n) is 3.15. The van der Waals surface area contributed by atoms with Gasteiger partial charge in [-0.05, 0) is 31.8 Å². The Balaban J connectivity index is 1.83. The maximum absolute atomic E-state index is 4.23. The Morgan fingerprint density at radius 2 is 2.44 bits per heavy atom. The highest BCUT2D eigenvalue weighted by molar-refractivity contribution is 5.35. The molecule has 1 aliphatic heterocycles. The number of rotatable bonds is 2. The predicted octanol–water partition coefficient (Wildman–Crippen LogP) is 0.666. The maximum atomic E-state index is 4.23. The number of hydrogen-bond donors (Lipinski definition) is 1. The SMILES string of the molecule is c1cc2nnc(CC3CCCNC3)n2cn1. The lowest BCUT2D eigenvalue weighted by atomic mass is 9.96. The van der Waals surface area contributed by atoms with E-state index in [2.05, 4.69) is 20.5 Å². The molecule has 1 unspecified atom stereocenters. The summed E-state index contributed by atoms with van der Waals surface area (Å²) in [7, 11) is 0. The van der Waals surface area contributed by atoms with Crippen LogP contribution in [0.1, 0.15) is 18.7 Å². The van der Waals surface area contributed by atoms with Gasteiger partial charge in [-0.25, -0.2) is 4.98 Å². The highest BCUT2D eigenvalue weighted by atomic mass is 15.3. The highest BCUT2D eigenvalue weighted by Crippen LogP contribution is 2.15. The predicted molar refractivity (Wildman–Crippen MR) is 60.1 cm³/mol. The van der Waals surface area contributed by atoms with Crippen molar-refractivity contribution in [2.75, 3.05) is 13.1 Å². The molecule has 5 heteroatoms. The summed E-state index contributed by atoms with van der Waals surface area (Å²) in [6.07, 6.45) is 7.07. The van der Waals surface area contributed by atoms with Gasteiger partial charge < -0.3 is 5.32 Å². The quantitative estimate of drug-likeness (QED) is 0.803. The summed E-state index contributed by atoms with van der Waals surface area (Å²) in [6.45, 7) is 2.24. The second-order valence-corrected chi connectivity index (χ2v) is 4.34. The second kappa shape index (κ2) is 4.17. The molecule has 1 atom stereocenters. The monoisotopic (exact) mass is 217 g/mol. The van der Waals surface area contributed by atoms with Crippen LogP contribution in [0, 0.1) is 5.92 Å². The molecule has 5 nitrogen and oxygen atoms in total. The Morgan fingerprint density at radius 1 is 1.44 bits per heavy atom. The molecule has 0 aromatic carbocycles. The molecule has 0 radical (unpaired) electrons. The molecular formula is C11H15N5. The third-order valence-corrected chi connectivity index (χ3v) is 3.15. The molecule has 3 heterocycles. The average Bonchev–Trinajstić information content (AvgIpc) is 2.74. The van der Waals surface area contributed by atoms with Crippen LogP contribution in [0.3, 0.4) is 0 Å². The molecule has 0 amide bonds. The van der Waals surface area contributed by atoms with Crippen LogP contribution in [0.25, 0.3) is 5.65 Å². The Morgan fingerprint density at radius 3 is 3.31 bits per heavy atom. The summed E-state index contributed by atoms with van der Waals surface area (Å²) in [6, 6.07) is 1.88. The molecule has 2 aromatic rings. The van der Waals surface area contributed by atoms with E-state index in [1.54, 1.807) is 12.5 Å². The number of aromatic nitrogens is 4. The first-order chi connectivity index (χ1) is 7.93. The van der Waals surface area contributed by atoms with Gasteiger partial charge in [0, 0.05) is 18.7 Å². The van der Waals surface area contributed by atoms with Gasteiger partial charge in [0.2, 0.25) is 0 Å². The number of nitrogens with zero attached hydrogens (tertiary/aromatic N) is 4. The minimum atomic E-state index is 0.682. The molecule has 0 aliphatic carbocycles. The van der Waals surface area contributed by atoms with E-state index in [4.69, 9.17) is 0 Å². The van der Waals surface area contributed by atoms with Gasteiger partial charge in [0.1, 0.15) is 12.2 Å². The largest absolute Gasteiger partial charge is 0.316 e. The Kier molecular flexibility index (Phi) is 2.53. The van der Waals surface area contributed by atoms with Crippen molar-refractivity contribution in [2.45, 2.75) is 19.3 Å². The Bertz CT molecular complexity index is 472. The number of hydrogen-bond acceptors (Lipinski definition) is 4. The molecular weight excluding hydrogens is 202 g/mol. The van der Waals surface area contributed by atoms with Crippen molar-refractivity contribution >= 4 is 5.65 Å². The van der Waals surface area contributed by atoms with Gasteiger partial charge in [0.15, 0.2) is 5.65 Å². The van der Waals surface area contributed by atoms with E-state index in [0.717, 1.165) is 31.0 Å². The van der Waals surface area contributed by atoms with E-state index in [1.165, 1.54) is 12.8 Å². The van der Waals surface area contributed by atoms with Crippen LogP contribution in [0.5, 0.6) is 0 Å². The van der Waals surface area contributed by atoms with Crippen molar-refractivity contribution in [2.24, 2.45) is 5.92 Å². The first-order valence-electron chi connectivity index (χ1n) is 5.78. The van der Waals surface area contributed by atoms with Gasteiger partial charge in [-0.15, -0.1) is 10.2 Å². The summed E-state index contributed by atoms with van der Waals surface area (Å²) in [4.78, 5) is 4.11. The smallest absolute Gasteiger partial charge is 0.163 e. The van der Waals surface area contributed by atoms with Gasteiger partial charge in [0.25, 0.3) is 0 Å². The third kappa shape index (κ3) is 1.78. The Labute approximate surface area is 93.9 Å². The first-order valence-corrected chi connectivity index (χ1v) is 5.78. The van der Waals surface area contributed by atoms with Crippen LogP contribution in [-0.4, -0.2) is 32.7 Å². The second-order valence-electron chi connectivity index (χ2n) is 4.34. The topological polar surface area (TPSA) is 55.1 Å². The molecule has 3 rings (SSSR count). The maximum Gasteiger partial charge on any atom is 0.163 e. The molecule has 1 aliphatic rings. The Hall–Kier alpha value is -1.49. The number of fused-ring (bicyclic) bond motifs is 1. The fourth-order valence-corrected chi connectivity index (χ4v) is 2.29. The average molecular weight is 217 g/mol. The summed E-state index contributed by atoms with van der Waals surface area (Å²) < 4.78 is 1.98. The normalized spacial score (nSPS) is 21.4. The van der Waals surface area contributed by atoms with Gasteiger partial charge in [-0.2, -0.15) is 0 Å². The van der Waals surface area contributed by atoms with Crippen molar-refractivity contribution in [3.63, 3.8) is 0 Å². The van der Waals surface area contributed by atoms with Gasteiger partial charge >= 0.3 is 0 Å². The van der Waals surface area contributed by atoms with Crippen molar-refractivity contribution in [3.05, 3.63) is 24.4 Å². The fourth-order valence-electron chi connectivity index (χ4n) is 2.29. The van der Waals surface area contributed by atoms with E-state index in [0.29, 0.717) is 5.92 Å². The molecule has 84 valence electrons. The van der Waals surface area contributed by atoms with Gasteiger partial charge in [0.05, 0.1) is 0 Å². The van der Waals surface area contributed by atoms with E-state index >= 15 is 0 Å².